The Labute approximate surface area is 172 Å². The van der Waals surface area contributed by atoms with Crippen molar-refractivity contribution >= 4 is 10.8 Å². The third-order valence-corrected chi connectivity index (χ3v) is 4.98. The van der Waals surface area contributed by atoms with Crippen LogP contribution in [-0.4, -0.2) is 15.0 Å². The molecule has 2 aromatic heterocycles. The van der Waals surface area contributed by atoms with Gasteiger partial charge in [-0.3, -0.25) is 15.0 Å². The van der Waals surface area contributed by atoms with Gasteiger partial charge < -0.3 is 0 Å². The van der Waals surface area contributed by atoms with E-state index < -0.39 is 0 Å². The highest BCUT2D eigenvalue weighted by Crippen LogP contribution is 2.33. The first-order valence-electron chi connectivity index (χ1n) is 10.1. The molecule has 4 aromatic rings. The lowest BCUT2D eigenvalue weighted by molar-refractivity contribution is 0.405. The molecule has 3 nitrogen and oxygen atoms in total. The molecule has 4 rings (SSSR count). The predicted octanol–water partition coefficient (Wildman–Crippen LogP) is 6.56. The molecular formula is C26H27N3. The quantitative estimate of drug-likeness (QED) is 0.403. The molecule has 0 amide bonds. The number of benzene rings is 2. The van der Waals surface area contributed by atoms with Crippen molar-refractivity contribution in [2.45, 2.75) is 41.0 Å². The van der Waals surface area contributed by atoms with E-state index in [1.807, 2.05) is 18.6 Å². The summed E-state index contributed by atoms with van der Waals surface area (Å²) in [7, 11) is 0. The number of pyridine rings is 1. The SMILES string of the molecule is Cc1cc(C)cc(-c2ncc(-c3cnc(CC(C)(C)C)cn3)c3ccccc23)c1. The zero-order chi connectivity index (χ0) is 20.6. The molecule has 0 atom stereocenters. The molecule has 0 bridgehead atoms. The number of hydrogen-bond donors (Lipinski definition) is 0. The first kappa shape index (κ1) is 19.3. The van der Waals surface area contributed by atoms with E-state index >= 15 is 0 Å². The van der Waals surface area contributed by atoms with Crippen LogP contribution >= 0.6 is 0 Å². The molecule has 0 N–H and O–H groups in total. The van der Waals surface area contributed by atoms with Crippen molar-refractivity contribution < 1.29 is 0 Å². The van der Waals surface area contributed by atoms with Gasteiger partial charge in [0.05, 0.1) is 23.3 Å². The minimum absolute atomic E-state index is 0.193. The molecule has 2 heterocycles. The van der Waals surface area contributed by atoms with Crippen LogP contribution in [0.25, 0.3) is 33.3 Å². The fraction of sp³-hybridized carbons (Fsp3) is 0.269. The molecular weight excluding hydrogens is 354 g/mol. The van der Waals surface area contributed by atoms with Crippen LogP contribution in [0.15, 0.2) is 61.1 Å². The highest BCUT2D eigenvalue weighted by Gasteiger charge is 2.15. The lowest BCUT2D eigenvalue weighted by Gasteiger charge is -2.17. The first-order chi connectivity index (χ1) is 13.8. The molecule has 0 spiro atoms. The predicted molar refractivity (Wildman–Crippen MR) is 121 cm³/mol. The average molecular weight is 382 g/mol. The van der Waals surface area contributed by atoms with Gasteiger partial charge in [-0.15, -0.1) is 0 Å². The fourth-order valence-corrected chi connectivity index (χ4v) is 3.87. The van der Waals surface area contributed by atoms with E-state index in [2.05, 4.69) is 82.1 Å². The van der Waals surface area contributed by atoms with Crippen LogP contribution in [0.1, 0.15) is 37.6 Å². The Balaban J connectivity index is 1.82. The second kappa shape index (κ2) is 7.40. The minimum atomic E-state index is 0.193. The van der Waals surface area contributed by atoms with Crippen LogP contribution in [0.3, 0.4) is 0 Å². The van der Waals surface area contributed by atoms with E-state index in [0.717, 1.165) is 45.4 Å². The molecule has 3 heteroatoms. The standard InChI is InChI=1S/C26H27N3/c1-17-10-18(2)12-19(11-17)25-22-9-7-6-8-21(22)23(15-29-25)24-16-27-20(14-28-24)13-26(3,4)5/h6-12,14-16H,13H2,1-5H3. The summed E-state index contributed by atoms with van der Waals surface area (Å²) in [5, 5.41) is 2.28. The van der Waals surface area contributed by atoms with E-state index in [9.17, 15) is 0 Å². The van der Waals surface area contributed by atoms with Crippen LogP contribution in [-0.2, 0) is 6.42 Å². The monoisotopic (exact) mass is 381 g/mol. The van der Waals surface area contributed by atoms with Crippen molar-refractivity contribution in [3.8, 4) is 22.5 Å². The van der Waals surface area contributed by atoms with Crippen LogP contribution in [0.4, 0.5) is 0 Å². The van der Waals surface area contributed by atoms with Crippen LogP contribution < -0.4 is 0 Å². The Morgan fingerprint density at radius 1 is 0.759 bits per heavy atom. The van der Waals surface area contributed by atoms with Crippen LogP contribution in [0.5, 0.6) is 0 Å². The van der Waals surface area contributed by atoms with Crippen molar-refractivity contribution in [1.82, 2.24) is 15.0 Å². The maximum Gasteiger partial charge on any atom is 0.0907 e. The van der Waals surface area contributed by atoms with E-state index in [4.69, 9.17) is 9.97 Å². The maximum absolute atomic E-state index is 4.85. The summed E-state index contributed by atoms with van der Waals surface area (Å²) in [6.07, 6.45) is 6.61. The van der Waals surface area contributed by atoms with Crippen molar-refractivity contribution in [2.24, 2.45) is 5.41 Å². The maximum atomic E-state index is 4.85. The summed E-state index contributed by atoms with van der Waals surface area (Å²) in [5.74, 6) is 0. The smallest absolute Gasteiger partial charge is 0.0907 e. The van der Waals surface area contributed by atoms with Crippen LogP contribution in [0.2, 0.25) is 0 Å². The van der Waals surface area contributed by atoms with Crippen LogP contribution in [0, 0.1) is 19.3 Å². The fourth-order valence-electron chi connectivity index (χ4n) is 3.87. The van der Waals surface area contributed by atoms with Gasteiger partial charge in [0.1, 0.15) is 0 Å². The third kappa shape index (κ3) is 4.19. The summed E-state index contributed by atoms with van der Waals surface area (Å²) in [6, 6.07) is 15.0. The Bertz CT molecular complexity index is 1150. The number of nitrogens with zero attached hydrogens (tertiary/aromatic N) is 3. The van der Waals surface area contributed by atoms with Gasteiger partial charge in [-0.05, 0) is 43.2 Å². The molecule has 29 heavy (non-hydrogen) atoms. The number of hydrogen-bond acceptors (Lipinski definition) is 3. The molecule has 2 aromatic carbocycles. The molecule has 0 saturated carbocycles. The molecule has 0 aliphatic rings. The van der Waals surface area contributed by atoms with Gasteiger partial charge in [0.2, 0.25) is 0 Å². The highest BCUT2D eigenvalue weighted by atomic mass is 14.8. The second-order valence-electron chi connectivity index (χ2n) is 9.07. The topological polar surface area (TPSA) is 38.7 Å². The largest absolute Gasteiger partial charge is 0.257 e. The van der Waals surface area contributed by atoms with Crippen molar-refractivity contribution in [3.63, 3.8) is 0 Å². The number of aromatic nitrogens is 3. The Morgan fingerprint density at radius 2 is 1.45 bits per heavy atom. The van der Waals surface area contributed by atoms with Gasteiger partial charge in [-0.25, -0.2) is 0 Å². The summed E-state index contributed by atoms with van der Waals surface area (Å²) in [6.45, 7) is 10.9. The Kier molecular flexibility index (Phi) is 4.91. The zero-order valence-corrected chi connectivity index (χ0v) is 17.8. The van der Waals surface area contributed by atoms with Gasteiger partial charge in [0.25, 0.3) is 0 Å². The molecule has 0 unspecified atom stereocenters. The first-order valence-corrected chi connectivity index (χ1v) is 10.1. The van der Waals surface area contributed by atoms with Gasteiger partial charge in [-0.1, -0.05) is 62.2 Å². The van der Waals surface area contributed by atoms with Crippen molar-refractivity contribution in [1.29, 1.82) is 0 Å². The van der Waals surface area contributed by atoms with E-state index in [1.54, 1.807) is 0 Å². The molecule has 0 saturated heterocycles. The van der Waals surface area contributed by atoms with Gasteiger partial charge >= 0.3 is 0 Å². The summed E-state index contributed by atoms with van der Waals surface area (Å²) < 4.78 is 0. The van der Waals surface area contributed by atoms with Gasteiger partial charge in [-0.2, -0.15) is 0 Å². The lowest BCUT2D eigenvalue weighted by Crippen LogP contribution is -2.10. The Hall–Kier alpha value is -3.07. The summed E-state index contributed by atoms with van der Waals surface area (Å²) in [4.78, 5) is 14.2. The van der Waals surface area contributed by atoms with E-state index in [-0.39, 0.29) is 5.41 Å². The van der Waals surface area contributed by atoms with Crippen molar-refractivity contribution in [3.05, 3.63) is 77.9 Å². The number of aryl methyl sites for hydroxylation is 2. The van der Waals surface area contributed by atoms with Gasteiger partial charge in [0, 0.05) is 28.9 Å². The highest BCUT2D eigenvalue weighted by molar-refractivity contribution is 6.02. The Morgan fingerprint density at radius 3 is 2.07 bits per heavy atom. The van der Waals surface area contributed by atoms with Gasteiger partial charge in [0.15, 0.2) is 0 Å². The second-order valence-corrected chi connectivity index (χ2v) is 9.07. The van der Waals surface area contributed by atoms with Crippen molar-refractivity contribution in [2.75, 3.05) is 0 Å². The number of fused-ring (bicyclic) bond motifs is 1. The normalized spacial score (nSPS) is 11.8. The zero-order valence-electron chi connectivity index (χ0n) is 17.8. The molecule has 146 valence electrons. The molecule has 0 radical (unpaired) electrons. The average Bonchev–Trinajstić information content (AvgIpc) is 2.66. The van der Waals surface area contributed by atoms with E-state index in [1.165, 1.54) is 11.1 Å². The van der Waals surface area contributed by atoms with E-state index in [0.29, 0.717) is 0 Å². The molecule has 0 aliphatic heterocycles. The molecule has 0 fully saturated rings. The molecule has 0 aliphatic carbocycles. The summed E-state index contributed by atoms with van der Waals surface area (Å²) in [5.41, 5.74) is 7.74. The number of rotatable bonds is 3. The third-order valence-electron chi connectivity index (χ3n) is 4.98. The summed E-state index contributed by atoms with van der Waals surface area (Å²) >= 11 is 0. The lowest BCUT2D eigenvalue weighted by atomic mass is 9.91. The minimum Gasteiger partial charge on any atom is -0.257 e.